The molecule has 1 fully saturated rings. The Morgan fingerprint density at radius 3 is 2.74 bits per heavy atom. The molecule has 2 N–H and O–H groups in total. The first-order chi connectivity index (χ1) is 10.6. The Kier molecular flexibility index (Phi) is 4.69. The predicted octanol–water partition coefficient (Wildman–Crippen LogP) is 1.31. The number of hydrogen-bond donors (Lipinski definition) is 2. The van der Waals surface area contributed by atoms with Crippen LogP contribution >= 0.6 is 0 Å². The van der Waals surface area contributed by atoms with Crippen molar-refractivity contribution in [3.63, 3.8) is 0 Å². The number of hydrogen-bond acceptors (Lipinski definition) is 4. The van der Waals surface area contributed by atoms with E-state index >= 15 is 0 Å². The summed E-state index contributed by atoms with van der Waals surface area (Å²) in [6, 6.07) is 2.10. The van der Waals surface area contributed by atoms with E-state index in [0.29, 0.717) is 26.3 Å². The average molecular weight is 334 g/mol. The van der Waals surface area contributed by atoms with Crippen LogP contribution in [0.25, 0.3) is 0 Å². The number of halogens is 3. The summed E-state index contributed by atoms with van der Waals surface area (Å²) < 4.78 is 42.7. The zero-order chi connectivity index (χ0) is 17.3. The standard InChI is InChI=1S/C14H17F3N2O4/c1-13(22,14(15,16)17)8-18-11(20)9-4-2-6-19(9)12(21)10-5-3-7-23-10/h3,5,7,9,22H,2,4,6,8H2,1H3,(H,18,20)/t9-,13+/m0/s1. The lowest BCUT2D eigenvalue weighted by atomic mass is 10.1. The molecule has 1 aliphatic heterocycles. The van der Waals surface area contributed by atoms with Crippen LogP contribution in [0.5, 0.6) is 0 Å². The molecule has 9 heteroatoms. The van der Waals surface area contributed by atoms with E-state index in [1.165, 1.54) is 23.3 Å². The largest absolute Gasteiger partial charge is 0.459 e. The summed E-state index contributed by atoms with van der Waals surface area (Å²) in [5.41, 5.74) is -3.03. The van der Waals surface area contributed by atoms with E-state index in [2.05, 4.69) is 5.32 Å². The second-order valence-electron chi connectivity index (χ2n) is 5.62. The Morgan fingerprint density at radius 1 is 1.48 bits per heavy atom. The quantitative estimate of drug-likeness (QED) is 0.870. The van der Waals surface area contributed by atoms with E-state index in [1.54, 1.807) is 0 Å². The van der Waals surface area contributed by atoms with Crippen LogP contribution in [0.3, 0.4) is 0 Å². The van der Waals surface area contributed by atoms with Gasteiger partial charge in [-0.05, 0) is 31.9 Å². The number of nitrogens with zero attached hydrogens (tertiary/aromatic N) is 1. The van der Waals surface area contributed by atoms with Crippen LogP contribution in [0.2, 0.25) is 0 Å². The lowest BCUT2D eigenvalue weighted by Crippen LogP contribution is -2.54. The number of carbonyl (C=O) groups excluding carboxylic acids is 2. The summed E-state index contributed by atoms with van der Waals surface area (Å²) in [5, 5.41) is 11.4. The minimum atomic E-state index is -4.86. The van der Waals surface area contributed by atoms with Gasteiger partial charge in [0.25, 0.3) is 5.91 Å². The molecule has 0 radical (unpaired) electrons. The van der Waals surface area contributed by atoms with Gasteiger partial charge in [0.05, 0.1) is 12.8 Å². The molecule has 2 atom stereocenters. The number of furan rings is 1. The maximum absolute atomic E-state index is 12.6. The highest BCUT2D eigenvalue weighted by molar-refractivity contribution is 5.95. The summed E-state index contributed by atoms with van der Waals surface area (Å²) in [6.45, 7) is -0.0877. The first kappa shape index (κ1) is 17.3. The van der Waals surface area contributed by atoms with Gasteiger partial charge in [-0.15, -0.1) is 0 Å². The van der Waals surface area contributed by atoms with Crippen LogP contribution in [-0.4, -0.2) is 52.7 Å². The molecule has 2 amide bonds. The van der Waals surface area contributed by atoms with E-state index in [0.717, 1.165) is 0 Å². The van der Waals surface area contributed by atoms with Crippen LogP contribution in [0, 0.1) is 0 Å². The monoisotopic (exact) mass is 334 g/mol. The van der Waals surface area contributed by atoms with Gasteiger partial charge in [-0.3, -0.25) is 9.59 Å². The normalized spacial score (nSPS) is 21.1. The second-order valence-corrected chi connectivity index (χ2v) is 5.62. The molecule has 0 unspecified atom stereocenters. The zero-order valence-corrected chi connectivity index (χ0v) is 12.4. The number of amides is 2. The number of alkyl halides is 3. The molecule has 2 rings (SSSR count). The number of likely N-dealkylation sites (tertiary alicyclic amines) is 1. The third-order valence-corrected chi connectivity index (χ3v) is 3.77. The van der Waals surface area contributed by atoms with E-state index in [-0.39, 0.29) is 5.76 Å². The Balaban J connectivity index is 2.00. The van der Waals surface area contributed by atoms with Gasteiger partial charge in [0, 0.05) is 6.54 Å². The molecule has 0 saturated carbocycles. The summed E-state index contributed by atoms with van der Waals surface area (Å²) in [7, 11) is 0. The number of carbonyl (C=O) groups is 2. The van der Waals surface area contributed by atoms with Crippen molar-refractivity contribution in [1.29, 1.82) is 0 Å². The van der Waals surface area contributed by atoms with Gasteiger partial charge in [0.1, 0.15) is 6.04 Å². The zero-order valence-electron chi connectivity index (χ0n) is 12.4. The van der Waals surface area contributed by atoms with E-state index in [9.17, 15) is 27.9 Å². The molecule has 1 aromatic rings. The summed E-state index contributed by atoms with van der Waals surface area (Å²) in [6.07, 6.45) is -2.65. The molecule has 1 aromatic heterocycles. The molecule has 1 aliphatic rings. The third kappa shape index (κ3) is 3.66. The predicted molar refractivity (Wildman–Crippen MR) is 72.5 cm³/mol. The van der Waals surface area contributed by atoms with E-state index in [4.69, 9.17) is 4.42 Å². The van der Waals surface area contributed by atoms with Crippen LogP contribution in [0.1, 0.15) is 30.3 Å². The van der Waals surface area contributed by atoms with Crippen molar-refractivity contribution in [2.24, 2.45) is 0 Å². The first-order valence-electron chi connectivity index (χ1n) is 7.05. The molecular weight excluding hydrogens is 317 g/mol. The maximum atomic E-state index is 12.6. The van der Waals surface area contributed by atoms with Crippen molar-refractivity contribution >= 4 is 11.8 Å². The van der Waals surface area contributed by atoms with Crippen LogP contribution in [0.4, 0.5) is 13.2 Å². The number of aliphatic hydroxyl groups is 1. The summed E-state index contributed by atoms with van der Waals surface area (Å²) in [5.74, 6) is -1.16. The smallest absolute Gasteiger partial charge is 0.418 e. The minimum absolute atomic E-state index is 0.0620. The molecule has 0 aromatic carbocycles. The molecule has 6 nitrogen and oxygen atoms in total. The SMILES string of the molecule is C[C@@](O)(CNC(=O)[C@@H]1CCCN1C(=O)c1ccco1)C(F)(F)F. The molecule has 1 saturated heterocycles. The van der Waals surface area contributed by atoms with Crippen molar-refractivity contribution in [2.45, 2.75) is 37.6 Å². The van der Waals surface area contributed by atoms with Gasteiger partial charge in [-0.25, -0.2) is 0 Å². The van der Waals surface area contributed by atoms with Crippen molar-refractivity contribution in [3.8, 4) is 0 Å². The van der Waals surface area contributed by atoms with Gasteiger partial charge >= 0.3 is 6.18 Å². The second kappa shape index (κ2) is 6.23. The average Bonchev–Trinajstić information content (AvgIpc) is 3.13. The Hall–Kier alpha value is -2.03. The lowest BCUT2D eigenvalue weighted by Gasteiger charge is -2.28. The van der Waals surface area contributed by atoms with Crippen molar-refractivity contribution in [3.05, 3.63) is 24.2 Å². The summed E-state index contributed by atoms with van der Waals surface area (Å²) in [4.78, 5) is 25.6. The Labute approximate surface area is 130 Å². The van der Waals surface area contributed by atoms with E-state index < -0.39 is 36.2 Å². The maximum Gasteiger partial charge on any atom is 0.418 e. The summed E-state index contributed by atoms with van der Waals surface area (Å²) >= 11 is 0. The minimum Gasteiger partial charge on any atom is -0.459 e. The van der Waals surface area contributed by atoms with Gasteiger partial charge in [0.2, 0.25) is 5.91 Å². The highest BCUT2D eigenvalue weighted by atomic mass is 19.4. The third-order valence-electron chi connectivity index (χ3n) is 3.77. The Morgan fingerprint density at radius 2 is 2.17 bits per heavy atom. The van der Waals surface area contributed by atoms with E-state index in [1.807, 2.05) is 0 Å². The fraction of sp³-hybridized carbons (Fsp3) is 0.571. The fourth-order valence-electron chi connectivity index (χ4n) is 2.30. The van der Waals surface area contributed by atoms with Crippen molar-refractivity contribution < 1.29 is 32.3 Å². The van der Waals surface area contributed by atoms with Crippen LogP contribution in [-0.2, 0) is 4.79 Å². The van der Waals surface area contributed by atoms with Gasteiger partial charge in [-0.1, -0.05) is 0 Å². The first-order valence-corrected chi connectivity index (χ1v) is 7.05. The van der Waals surface area contributed by atoms with Crippen molar-refractivity contribution in [2.75, 3.05) is 13.1 Å². The highest BCUT2D eigenvalue weighted by Crippen LogP contribution is 2.29. The number of nitrogens with one attached hydrogen (secondary N) is 1. The molecule has 2 heterocycles. The highest BCUT2D eigenvalue weighted by Gasteiger charge is 2.50. The van der Waals surface area contributed by atoms with Crippen molar-refractivity contribution in [1.82, 2.24) is 10.2 Å². The molecule has 0 spiro atoms. The molecule has 128 valence electrons. The fourth-order valence-corrected chi connectivity index (χ4v) is 2.30. The molecule has 23 heavy (non-hydrogen) atoms. The molecular formula is C14H17F3N2O4. The van der Waals surface area contributed by atoms with Gasteiger partial charge < -0.3 is 19.7 Å². The molecule has 0 aliphatic carbocycles. The number of rotatable bonds is 4. The lowest BCUT2D eigenvalue weighted by molar-refractivity contribution is -0.250. The van der Waals surface area contributed by atoms with Crippen LogP contribution < -0.4 is 5.32 Å². The Bertz CT molecular complexity index is 569. The topological polar surface area (TPSA) is 82.8 Å². The van der Waals surface area contributed by atoms with Gasteiger partial charge in [0.15, 0.2) is 11.4 Å². The van der Waals surface area contributed by atoms with Crippen LogP contribution in [0.15, 0.2) is 22.8 Å². The van der Waals surface area contributed by atoms with Gasteiger partial charge in [-0.2, -0.15) is 13.2 Å². The molecule has 0 bridgehead atoms.